The van der Waals surface area contributed by atoms with E-state index in [2.05, 4.69) is 15.3 Å². The third-order valence-electron chi connectivity index (χ3n) is 2.27. The normalized spacial score (nSPS) is 16.6. The van der Waals surface area contributed by atoms with Crippen molar-refractivity contribution < 1.29 is 8.78 Å². The van der Waals surface area contributed by atoms with E-state index >= 15 is 0 Å². The zero-order chi connectivity index (χ0) is 10.7. The lowest BCUT2D eigenvalue weighted by Gasteiger charge is -2.12. The second-order valence-electron chi connectivity index (χ2n) is 3.32. The molecule has 3 nitrogen and oxygen atoms in total. The van der Waals surface area contributed by atoms with E-state index < -0.39 is 6.43 Å². The molecular formula is C10H11F2N3. The maximum atomic E-state index is 12.2. The summed E-state index contributed by atoms with van der Waals surface area (Å²) in [5.41, 5.74) is 0.892. The van der Waals surface area contributed by atoms with Crippen LogP contribution in [0.1, 0.15) is 24.2 Å². The molecule has 0 saturated heterocycles. The average Bonchev–Trinajstić information content (AvgIpc) is 2.30. The van der Waals surface area contributed by atoms with Gasteiger partial charge in [-0.1, -0.05) is 6.08 Å². The van der Waals surface area contributed by atoms with Crippen LogP contribution in [0.4, 0.5) is 8.78 Å². The SMILES string of the molecule is FC(F)c1cnc(C2=CCNCC2)nc1. The van der Waals surface area contributed by atoms with Crippen molar-refractivity contribution in [3.63, 3.8) is 0 Å². The van der Waals surface area contributed by atoms with Gasteiger partial charge in [0.2, 0.25) is 0 Å². The summed E-state index contributed by atoms with van der Waals surface area (Å²) < 4.78 is 24.5. The van der Waals surface area contributed by atoms with Crippen LogP contribution in [0.5, 0.6) is 0 Å². The maximum Gasteiger partial charge on any atom is 0.266 e. The molecule has 0 fully saturated rings. The lowest BCUT2D eigenvalue weighted by molar-refractivity contribution is 0.150. The van der Waals surface area contributed by atoms with E-state index in [-0.39, 0.29) is 5.56 Å². The molecule has 0 amide bonds. The number of alkyl halides is 2. The lowest BCUT2D eigenvalue weighted by atomic mass is 10.1. The van der Waals surface area contributed by atoms with Gasteiger partial charge in [0.1, 0.15) is 0 Å². The van der Waals surface area contributed by atoms with Gasteiger partial charge >= 0.3 is 0 Å². The summed E-state index contributed by atoms with van der Waals surface area (Å²) >= 11 is 0. The molecule has 1 aromatic rings. The number of nitrogens with zero attached hydrogens (tertiary/aromatic N) is 2. The van der Waals surface area contributed by atoms with Crippen LogP contribution in [0.2, 0.25) is 0 Å². The smallest absolute Gasteiger partial charge is 0.266 e. The van der Waals surface area contributed by atoms with Gasteiger partial charge in [-0.3, -0.25) is 0 Å². The maximum absolute atomic E-state index is 12.2. The van der Waals surface area contributed by atoms with Crippen molar-refractivity contribution in [1.29, 1.82) is 0 Å². The molecule has 5 heteroatoms. The van der Waals surface area contributed by atoms with Crippen molar-refractivity contribution in [3.05, 3.63) is 29.9 Å². The Balaban J connectivity index is 2.19. The number of hydrogen-bond acceptors (Lipinski definition) is 3. The molecule has 2 rings (SSSR count). The average molecular weight is 211 g/mol. The molecule has 0 aromatic carbocycles. The minimum Gasteiger partial charge on any atom is -0.313 e. The molecule has 0 bridgehead atoms. The summed E-state index contributed by atoms with van der Waals surface area (Å²) in [6, 6.07) is 0. The molecule has 0 saturated carbocycles. The fourth-order valence-corrected chi connectivity index (χ4v) is 1.44. The second kappa shape index (κ2) is 4.44. The molecule has 1 N–H and O–H groups in total. The number of rotatable bonds is 2. The van der Waals surface area contributed by atoms with Crippen LogP contribution in [0.15, 0.2) is 18.5 Å². The summed E-state index contributed by atoms with van der Waals surface area (Å²) in [6.07, 6.45) is 2.71. The minimum atomic E-state index is -2.50. The summed E-state index contributed by atoms with van der Waals surface area (Å²) in [7, 11) is 0. The van der Waals surface area contributed by atoms with E-state index in [1.165, 1.54) is 12.4 Å². The largest absolute Gasteiger partial charge is 0.313 e. The van der Waals surface area contributed by atoms with Crippen LogP contribution in [-0.4, -0.2) is 23.1 Å². The van der Waals surface area contributed by atoms with Crippen LogP contribution in [0.3, 0.4) is 0 Å². The zero-order valence-corrected chi connectivity index (χ0v) is 8.08. The number of hydrogen-bond donors (Lipinski definition) is 1. The fraction of sp³-hybridized carbons (Fsp3) is 0.400. The Morgan fingerprint density at radius 2 is 2.00 bits per heavy atom. The van der Waals surface area contributed by atoms with Crippen LogP contribution < -0.4 is 5.32 Å². The molecular weight excluding hydrogens is 200 g/mol. The summed E-state index contributed by atoms with van der Waals surface area (Å²) in [5.74, 6) is 0.556. The van der Waals surface area contributed by atoms with Gasteiger partial charge < -0.3 is 5.32 Å². The number of nitrogens with one attached hydrogen (secondary N) is 1. The first-order valence-corrected chi connectivity index (χ1v) is 4.77. The standard InChI is InChI=1S/C10H11F2N3/c11-9(12)8-5-14-10(15-6-8)7-1-3-13-4-2-7/h1,5-6,9,13H,2-4H2. The molecule has 1 aliphatic rings. The third kappa shape index (κ3) is 2.36. The molecule has 0 aliphatic carbocycles. The molecule has 0 spiro atoms. The molecule has 0 atom stereocenters. The van der Waals surface area contributed by atoms with E-state index in [1.54, 1.807) is 0 Å². The first kappa shape index (κ1) is 10.2. The quantitative estimate of drug-likeness (QED) is 0.810. The number of halogens is 2. The second-order valence-corrected chi connectivity index (χ2v) is 3.32. The van der Waals surface area contributed by atoms with E-state index in [4.69, 9.17) is 0 Å². The summed E-state index contributed by atoms with van der Waals surface area (Å²) in [5, 5.41) is 3.16. The van der Waals surface area contributed by atoms with Gasteiger partial charge in [-0.05, 0) is 18.5 Å². The van der Waals surface area contributed by atoms with Crippen molar-refractivity contribution in [2.75, 3.05) is 13.1 Å². The van der Waals surface area contributed by atoms with Crippen LogP contribution >= 0.6 is 0 Å². The number of aromatic nitrogens is 2. The predicted octanol–water partition coefficient (Wildman–Crippen LogP) is 1.79. The van der Waals surface area contributed by atoms with E-state index in [0.29, 0.717) is 5.82 Å². The van der Waals surface area contributed by atoms with Crippen molar-refractivity contribution >= 4 is 5.57 Å². The van der Waals surface area contributed by atoms with Crippen LogP contribution in [0, 0.1) is 0 Å². The topological polar surface area (TPSA) is 37.8 Å². The van der Waals surface area contributed by atoms with Gasteiger partial charge in [0.05, 0.1) is 5.56 Å². The Morgan fingerprint density at radius 1 is 1.27 bits per heavy atom. The van der Waals surface area contributed by atoms with E-state index in [9.17, 15) is 8.78 Å². The molecule has 15 heavy (non-hydrogen) atoms. The van der Waals surface area contributed by atoms with Gasteiger partial charge in [-0.15, -0.1) is 0 Å². The van der Waals surface area contributed by atoms with Crippen LogP contribution in [-0.2, 0) is 0 Å². The molecule has 1 aliphatic heterocycles. The highest BCUT2D eigenvalue weighted by Gasteiger charge is 2.11. The van der Waals surface area contributed by atoms with Gasteiger partial charge in [-0.2, -0.15) is 0 Å². The summed E-state index contributed by atoms with van der Waals surface area (Å²) in [6.45, 7) is 1.67. The van der Waals surface area contributed by atoms with Crippen molar-refractivity contribution in [1.82, 2.24) is 15.3 Å². The molecule has 1 aromatic heterocycles. The first-order valence-electron chi connectivity index (χ1n) is 4.77. The molecule has 0 radical (unpaired) electrons. The minimum absolute atomic E-state index is 0.131. The lowest BCUT2D eigenvalue weighted by Crippen LogP contribution is -2.20. The predicted molar refractivity (Wildman–Crippen MR) is 52.5 cm³/mol. The van der Waals surface area contributed by atoms with Crippen molar-refractivity contribution in [3.8, 4) is 0 Å². The highest BCUT2D eigenvalue weighted by Crippen LogP contribution is 2.19. The Bertz CT molecular complexity index is 359. The molecule has 2 heterocycles. The van der Waals surface area contributed by atoms with E-state index in [0.717, 1.165) is 25.1 Å². The molecule has 80 valence electrons. The van der Waals surface area contributed by atoms with Crippen LogP contribution in [0.25, 0.3) is 5.57 Å². The Labute approximate surface area is 86.2 Å². The van der Waals surface area contributed by atoms with Crippen molar-refractivity contribution in [2.24, 2.45) is 0 Å². The Morgan fingerprint density at radius 3 is 2.53 bits per heavy atom. The van der Waals surface area contributed by atoms with Crippen molar-refractivity contribution in [2.45, 2.75) is 12.8 Å². The Hall–Kier alpha value is -1.36. The fourth-order valence-electron chi connectivity index (χ4n) is 1.44. The highest BCUT2D eigenvalue weighted by atomic mass is 19.3. The zero-order valence-electron chi connectivity index (χ0n) is 8.08. The third-order valence-corrected chi connectivity index (χ3v) is 2.27. The molecule has 0 unspecified atom stereocenters. The first-order chi connectivity index (χ1) is 7.27. The van der Waals surface area contributed by atoms with Gasteiger partial charge in [-0.25, -0.2) is 18.7 Å². The van der Waals surface area contributed by atoms with Gasteiger partial charge in [0, 0.05) is 18.9 Å². The summed E-state index contributed by atoms with van der Waals surface area (Å²) in [4.78, 5) is 7.87. The van der Waals surface area contributed by atoms with Gasteiger partial charge in [0.25, 0.3) is 6.43 Å². The highest BCUT2D eigenvalue weighted by molar-refractivity contribution is 5.60. The Kier molecular flexibility index (Phi) is 3.01. The van der Waals surface area contributed by atoms with E-state index in [1.807, 2.05) is 6.08 Å². The van der Waals surface area contributed by atoms with Gasteiger partial charge in [0.15, 0.2) is 5.82 Å². The monoisotopic (exact) mass is 211 g/mol.